The molecule has 1 amide bonds. The Balaban J connectivity index is 2.09. The van der Waals surface area contributed by atoms with Crippen LogP contribution in [0.1, 0.15) is 53.9 Å². The highest BCUT2D eigenvalue weighted by atomic mass is 16.6. The van der Waals surface area contributed by atoms with Gasteiger partial charge < -0.3 is 19.7 Å². The van der Waals surface area contributed by atoms with E-state index in [1.54, 1.807) is 4.90 Å². The van der Waals surface area contributed by atoms with Gasteiger partial charge in [-0.05, 0) is 59.0 Å². The molecule has 0 aliphatic carbocycles. The van der Waals surface area contributed by atoms with Crippen LogP contribution in [0, 0.1) is 5.92 Å². The van der Waals surface area contributed by atoms with Crippen molar-refractivity contribution >= 4 is 6.09 Å². The lowest BCUT2D eigenvalue weighted by atomic mass is 10.1. The van der Waals surface area contributed by atoms with Crippen LogP contribution in [-0.2, 0) is 9.47 Å². The molecule has 1 N–H and O–H groups in total. The summed E-state index contributed by atoms with van der Waals surface area (Å²) >= 11 is 0. The van der Waals surface area contributed by atoms with Crippen LogP contribution >= 0.6 is 0 Å². The van der Waals surface area contributed by atoms with Crippen molar-refractivity contribution in [3.05, 3.63) is 0 Å². The fourth-order valence-electron chi connectivity index (χ4n) is 2.37. The number of nitrogens with one attached hydrogen (secondary N) is 1. The number of hydrogen-bond donors (Lipinski definition) is 1. The van der Waals surface area contributed by atoms with Gasteiger partial charge in [0.2, 0.25) is 0 Å². The van der Waals surface area contributed by atoms with E-state index in [-0.39, 0.29) is 12.2 Å². The summed E-state index contributed by atoms with van der Waals surface area (Å²) in [5, 5.41) is 3.42. The Morgan fingerprint density at radius 3 is 2.45 bits per heavy atom. The Hall–Kier alpha value is -0.810. The zero-order chi connectivity index (χ0) is 16.6. The number of piperidine rings is 1. The molecule has 1 fully saturated rings. The largest absolute Gasteiger partial charge is 0.444 e. The summed E-state index contributed by atoms with van der Waals surface area (Å²) in [6.45, 7) is 14.4. The Morgan fingerprint density at radius 2 is 1.91 bits per heavy atom. The van der Waals surface area contributed by atoms with Crippen molar-refractivity contribution in [2.75, 3.05) is 32.8 Å². The van der Waals surface area contributed by atoms with E-state index in [0.29, 0.717) is 5.92 Å². The summed E-state index contributed by atoms with van der Waals surface area (Å²) in [6.07, 6.45) is 2.92. The highest BCUT2D eigenvalue weighted by molar-refractivity contribution is 5.68. The quantitative estimate of drug-likeness (QED) is 0.734. The molecule has 0 atom stereocenters. The minimum Gasteiger partial charge on any atom is -0.444 e. The zero-order valence-corrected chi connectivity index (χ0v) is 15.0. The number of rotatable bonds is 7. The van der Waals surface area contributed by atoms with Crippen molar-refractivity contribution in [1.29, 1.82) is 0 Å². The Labute approximate surface area is 135 Å². The summed E-state index contributed by atoms with van der Waals surface area (Å²) in [4.78, 5) is 13.7. The van der Waals surface area contributed by atoms with Gasteiger partial charge in [0.05, 0.1) is 6.10 Å². The van der Waals surface area contributed by atoms with E-state index in [0.717, 1.165) is 52.0 Å². The third kappa shape index (κ3) is 8.59. The van der Waals surface area contributed by atoms with Crippen molar-refractivity contribution in [2.45, 2.75) is 65.6 Å². The van der Waals surface area contributed by atoms with E-state index in [9.17, 15) is 4.79 Å². The van der Waals surface area contributed by atoms with Crippen molar-refractivity contribution in [3.63, 3.8) is 0 Å². The molecule has 5 nitrogen and oxygen atoms in total. The molecular weight excluding hydrogens is 280 g/mol. The van der Waals surface area contributed by atoms with Crippen LogP contribution in [0.25, 0.3) is 0 Å². The van der Waals surface area contributed by atoms with Gasteiger partial charge in [0, 0.05) is 19.7 Å². The van der Waals surface area contributed by atoms with Crippen LogP contribution in [0.2, 0.25) is 0 Å². The molecule has 1 aliphatic heterocycles. The molecule has 0 aromatic heterocycles. The molecule has 0 aromatic carbocycles. The first-order chi connectivity index (χ1) is 10.3. The van der Waals surface area contributed by atoms with Crippen molar-refractivity contribution in [2.24, 2.45) is 5.92 Å². The van der Waals surface area contributed by atoms with Gasteiger partial charge in [-0.1, -0.05) is 13.8 Å². The van der Waals surface area contributed by atoms with Crippen molar-refractivity contribution in [1.82, 2.24) is 10.2 Å². The highest BCUT2D eigenvalue weighted by Gasteiger charge is 2.26. The Kier molecular flexibility index (Phi) is 8.18. The number of nitrogens with zero attached hydrogens (tertiary/aromatic N) is 1. The van der Waals surface area contributed by atoms with E-state index < -0.39 is 5.60 Å². The summed E-state index contributed by atoms with van der Waals surface area (Å²) in [7, 11) is 0. The third-order valence-corrected chi connectivity index (χ3v) is 3.50. The predicted molar refractivity (Wildman–Crippen MR) is 89.1 cm³/mol. The fraction of sp³-hybridized carbons (Fsp3) is 0.941. The van der Waals surface area contributed by atoms with Crippen LogP contribution < -0.4 is 5.32 Å². The molecule has 130 valence electrons. The molecule has 0 aromatic rings. The molecule has 5 heteroatoms. The summed E-state index contributed by atoms with van der Waals surface area (Å²) < 4.78 is 11.3. The number of hydrogen-bond acceptors (Lipinski definition) is 4. The number of ether oxygens (including phenoxy) is 2. The number of likely N-dealkylation sites (tertiary alicyclic amines) is 1. The van der Waals surface area contributed by atoms with Gasteiger partial charge in [-0.25, -0.2) is 4.79 Å². The molecule has 0 radical (unpaired) electrons. The van der Waals surface area contributed by atoms with Gasteiger partial charge in [0.15, 0.2) is 0 Å². The second-order valence-corrected chi connectivity index (χ2v) is 7.49. The van der Waals surface area contributed by atoms with E-state index in [2.05, 4.69) is 19.2 Å². The average Bonchev–Trinajstić information content (AvgIpc) is 2.41. The highest BCUT2D eigenvalue weighted by Crippen LogP contribution is 2.17. The summed E-state index contributed by atoms with van der Waals surface area (Å²) in [6, 6.07) is 0. The van der Waals surface area contributed by atoms with Gasteiger partial charge in [0.1, 0.15) is 5.60 Å². The summed E-state index contributed by atoms with van der Waals surface area (Å²) in [5.41, 5.74) is -0.423. The Morgan fingerprint density at radius 1 is 1.27 bits per heavy atom. The molecule has 0 unspecified atom stereocenters. The first-order valence-electron chi connectivity index (χ1n) is 8.58. The molecule has 0 bridgehead atoms. The maximum Gasteiger partial charge on any atom is 0.410 e. The standard InChI is InChI=1S/C17H34N2O3/c1-14(2)13-18-9-6-12-21-15-7-10-19(11-8-15)16(20)22-17(3,4)5/h14-15,18H,6-13H2,1-5H3. The van der Waals surface area contributed by atoms with Crippen LogP contribution in [0.15, 0.2) is 0 Å². The molecule has 1 aliphatic rings. The Bertz CT molecular complexity index is 318. The van der Waals surface area contributed by atoms with Gasteiger partial charge in [-0.15, -0.1) is 0 Å². The van der Waals surface area contributed by atoms with Gasteiger partial charge in [-0.2, -0.15) is 0 Å². The molecule has 1 rings (SSSR count). The second kappa shape index (κ2) is 9.36. The van der Waals surface area contributed by atoms with E-state index in [1.807, 2.05) is 20.8 Å². The lowest BCUT2D eigenvalue weighted by Crippen LogP contribution is -2.43. The monoisotopic (exact) mass is 314 g/mol. The minimum absolute atomic E-state index is 0.205. The maximum atomic E-state index is 12.0. The fourth-order valence-corrected chi connectivity index (χ4v) is 2.37. The zero-order valence-electron chi connectivity index (χ0n) is 15.0. The number of carbonyl (C=O) groups excluding carboxylic acids is 1. The minimum atomic E-state index is -0.423. The molecule has 0 saturated carbocycles. The van der Waals surface area contributed by atoms with E-state index in [1.165, 1.54) is 0 Å². The van der Waals surface area contributed by atoms with Crippen molar-refractivity contribution in [3.8, 4) is 0 Å². The van der Waals surface area contributed by atoms with Gasteiger partial charge in [0.25, 0.3) is 0 Å². The first-order valence-corrected chi connectivity index (χ1v) is 8.58. The van der Waals surface area contributed by atoms with Gasteiger partial charge >= 0.3 is 6.09 Å². The van der Waals surface area contributed by atoms with Crippen LogP contribution in [0.3, 0.4) is 0 Å². The third-order valence-electron chi connectivity index (χ3n) is 3.50. The molecule has 1 heterocycles. The predicted octanol–water partition coefficient (Wildman–Crippen LogP) is 3.04. The van der Waals surface area contributed by atoms with Gasteiger partial charge in [-0.3, -0.25) is 0 Å². The van der Waals surface area contributed by atoms with Crippen LogP contribution in [-0.4, -0.2) is 55.5 Å². The van der Waals surface area contributed by atoms with E-state index in [4.69, 9.17) is 9.47 Å². The summed E-state index contributed by atoms with van der Waals surface area (Å²) in [5.74, 6) is 0.693. The normalized spacial score (nSPS) is 17.1. The molecule has 0 spiro atoms. The molecule has 1 saturated heterocycles. The van der Waals surface area contributed by atoms with Crippen LogP contribution in [0.5, 0.6) is 0 Å². The first kappa shape index (κ1) is 19.2. The average molecular weight is 314 g/mol. The van der Waals surface area contributed by atoms with Crippen LogP contribution in [0.4, 0.5) is 4.79 Å². The lowest BCUT2D eigenvalue weighted by molar-refractivity contribution is -0.0117. The number of carbonyl (C=O) groups is 1. The molecular formula is C17H34N2O3. The topological polar surface area (TPSA) is 50.8 Å². The SMILES string of the molecule is CC(C)CNCCCOC1CCN(C(=O)OC(C)(C)C)CC1. The lowest BCUT2D eigenvalue weighted by Gasteiger charge is -2.33. The second-order valence-electron chi connectivity index (χ2n) is 7.49. The smallest absolute Gasteiger partial charge is 0.410 e. The number of amides is 1. The van der Waals surface area contributed by atoms with Crippen molar-refractivity contribution < 1.29 is 14.3 Å². The van der Waals surface area contributed by atoms with E-state index >= 15 is 0 Å². The maximum absolute atomic E-state index is 12.0. The molecule has 22 heavy (non-hydrogen) atoms.